The van der Waals surface area contributed by atoms with E-state index in [-0.39, 0.29) is 0 Å². The molecular formula is C18H20N2O. The number of carbonyl (C=O) groups excluding carboxylic acids is 1. The van der Waals surface area contributed by atoms with Gasteiger partial charge in [0.05, 0.1) is 11.5 Å². The van der Waals surface area contributed by atoms with Crippen LogP contribution in [0.15, 0.2) is 30.3 Å². The summed E-state index contributed by atoms with van der Waals surface area (Å²) in [6, 6.07) is 12.6. The van der Waals surface area contributed by atoms with Crippen LogP contribution >= 0.6 is 0 Å². The van der Waals surface area contributed by atoms with Crippen LogP contribution < -0.4 is 0 Å². The molecule has 0 bridgehead atoms. The van der Waals surface area contributed by atoms with E-state index in [1.165, 1.54) is 12.8 Å². The minimum absolute atomic E-state index is 0.309. The summed E-state index contributed by atoms with van der Waals surface area (Å²) in [5.41, 5.74) is 1.13. The van der Waals surface area contributed by atoms with Gasteiger partial charge in [-0.1, -0.05) is 30.3 Å². The third-order valence-electron chi connectivity index (χ3n) is 5.85. The summed E-state index contributed by atoms with van der Waals surface area (Å²) in [5.74, 6) is 0.663. The van der Waals surface area contributed by atoms with Crippen molar-refractivity contribution in [1.29, 1.82) is 5.26 Å². The Balaban J connectivity index is 1.46. The van der Waals surface area contributed by atoms with Gasteiger partial charge in [0, 0.05) is 19.0 Å². The van der Waals surface area contributed by atoms with E-state index in [2.05, 4.69) is 6.07 Å². The van der Waals surface area contributed by atoms with E-state index in [0.717, 1.165) is 37.9 Å². The lowest BCUT2D eigenvalue weighted by Gasteiger charge is -2.37. The number of hydrogen-bond donors (Lipinski definition) is 0. The van der Waals surface area contributed by atoms with Gasteiger partial charge in [0.15, 0.2) is 0 Å². The van der Waals surface area contributed by atoms with Gasteiger partial charge < -0.3 is 4.90 Å². The van der Waals surface area contributed by atoms with Gasteiger partial charge in [-0.15, -0.1) is 0 Å². The van der Waals surface area contributed by atoms with Gasteiger partial charge in [-0.25, -0.2) is 0 Å². The number of nitriles is 1. The Morgan fingerprint density at radius 2 is 1.81 bits per heavy atom. The zero-order chi connectivity index (χ0) is 14.5. The SMILES string of the molecule is N#CC1(c2ccccc2)CCN(C(=O)C2CC23CC3)CC1. The second-order valence-corrected chi connectivity index (χ2v) is 7.00. The largest absolute Gasteiger partial charge is 0.342 e. The lowest BCUT2D eigenvalue weighted by molar-refractivity contribution is -0.134. The molecule has 2 aliphatic carbocycles. The zero-order valence-corrected chi connectivity index (χ0v) is 12.2. The fraction of sp³-hybridized carbons (Fsp3) is 0.556. The number of amides is 1. The molecule has 1 amide bonds. The third kappa shape index (κ3) is 1.97. The monoisotopic (exact) mass is 280 g/mol. The van der Waals surface area contributed by atoms with Crippen molar-refractivity contribution >= 4 is 5.91 Å². The van der Waals surface area contributed by atoms with Crippen molar-refractivity contribution in [2.45, 2.75) is 37.5 Å². The van der Waals surface area contributed by atoms with Crippen molar-refractivity contribution in [2.24, 2.45) is 11.3 Å². The van der Waals surface area contributed by atoms with E-state index in [9.17, 15) is 10.1 Å². The number of nitrogens with zero attached hydrogens (tertiary/aromatic N) is 2. The molecule has 3 fully saturated rings. The number of rotatable bonds is 2. The molecule has 4 rings (SSSR count). The molecule has 1 aromatic carbocycles. The first-order chi connectivity index (χ1) is 10.2. The summed E-state index contributed by atoms with van der Waals surface area (Å²) in [6.45, 7) is 1.46. The Bertz CT molecular complexity index is 604. The van der Waals surface area contributed by atoms with E-state index >= 15 is 0 Å². The molecule has 1 unspecified atom stereocenters. The van der Waals surface area contributed by atoms with Crippen molar-refractivity contribution in [2.75, 3.05) is 13.1 Å². The van der Waals surface area contributed by atoms with Crippen LogP contribution in [0.5, 0.6) is 0 Å². The van der Waals surface area contributed by atoms with Gasteiger partial charge >= 0.3 is 0 Å². The minimum atomic E-state index is -0.404. The lowest BCUT2D eigenvalue weighted by Crippen LogP contribution is -2.45. The highest BCUT2D eigenvalue weighted by atomic mass is 16.2. The Labute approximate surface area is 125 Å². The van der Waals surface area contributed by atoms with Crippen molar-refractivity contribution in [1.82, 2.24) is 4.90 Å². The van der Waals surface area contributed by atoms with Crippen LogP contribution in [-0.2, 0) is 10.2 Å². The van der Waals surface area contributed by atoms with Gasteiger partial charge in [0.2, 0.25) is 5.91 Å². The van der Waals surface area contributed by atoms with Crippen LogP contribution in [0, 0.1) is 22.7 Å². The Hall–Kier alpha value is -1.82. The maximum absolute atomic E-state index is 12.5. The van der Waals surface area contributed by atoms with E-state index in [1.54, 1.807) is 0 Å². The van der Waals surface area contributed by atoms with Crippen LogP contribution in [-0.4, -0.2) is 23.9 Å². The molecule has 3 nitrogen and oxygen atoms in total. The molecule has 21 heavy (non-hydrogen) atoms. The highest BCUT2D eigenvalue weighted by Crippen LogP contribution is 2.71. The predicted molar refractivity (Wildman–Crippen MR) is 79.3 cm³/mol. The topological polar surface area (TPSA) is 44.1 Å². The Morgan fingerprint density at radius 1 is 1.14 bits per heavy atom. The molecular weight excluding hydrogens is 260 g/mol. The van der Waals surface area contributed by atoms with Crippen molar-refractivity contribution < 1.29 is 4.79 Å². The first kappa shape index (κ1) is 12.9. The first-order valence-electron chi connectivity index (χ1n) is 7.95. The fourth-order valence-corrected chi connectivity index (χ4v) is 3.96. The number of likely N-dealkylation sites (tertiary alicyclic amines) is 1. The van der Waals surface area contributed by atoms with Gasteiger partial charge in [-0.3, -0.25) is 4.79 Å². The molecule has 3 aliphatic rings. The number of piperidine rings is 1. The van der Waals surface area contributed by atoms with Crippen LogP contribution in [0.1, 0.15) is 37.7 Å². The molecule has 1 aromatic rings. The predicted octanol–water partition coefficient (Wildman–Crippen LogP) is 2.87. The van der Waals surface area contributed by atoms with Crippen molar-refractivity contribution in [3.05, 3.63) is 35.9 Å². The van der Waals surface area contributed by atoms with Crippen molar-refractivity contribution in [3.8, 4) is 6.07 Å². The van der Waals surface area contributed by atoms with Gasteiger partial charge in [0.25, 0.3) is 0 Å². The van der Waals surface area contributed by atoms with Gasteiger partial charge in [-0.2, -0.15) is 5.26 Å². The Morgan fingerprint density at radius 3 is 2.33 bits per heavy atom. The van der Waals surface area contributed by atoms with Crippen molar-refractivity contribution in [3.63, 3.8) is 0 Å². The average Bonchev–Trinajstić information content (AvgIpc) is 3.48. The number of carbonyl (C=O) groups is 1. The summed E-state index contributed by atoms with van der Waals surface area (Å²) in [6.07, 6.45) is 5.15. The maximum Gasteiger partial charge on any atom is 0.226 e. The van der Waals surface area contributed by atoms with E-state index in [0.29, 0.717) is 17.2 Å². The summed E-state index contributed by atoms with van der Waals surface area (Å²) in [4.78, 5) is 14.5. The maximum atomic E-state index is 12.5. The summed E-state index contributed by atoms with van der Waals surface area (Å²) >= 11 is 0. The van der Waals surface area contributed by atoms with Crippen LogP contribution in [0.25, 0.3) is 0 Å². The molecule has 2 saturated carbocycles. The second-order valence-electron chi connectivity index (χ2n) is 7.00. The summed E-state index contributed by atoms with van der Waals surface area (Å²) in [5, 5.41) is 9.68. The van der Waals surface area contributed by atoms with Crippen LogP contribution in [0.3, 0.4) is 0 Å². The van der Waals surface area contributed by atoms with E-state index < -0.39 is 5.41 Å². The molecule has 1 heterocycles. The molecule has 108 valence electrons. The molecule has 3 heteroatoms. The average molecular weight is 280 g/mol. The fourth-order valence-electron chi connectivity index (χ4n) is 3.96. The third-order valence-corrected chi connectivity index (χ3v) is 5.85. The standard InChI is InChI=1S/C18H20N2O/c19-13-18(14-4-2-1-3-5-14)8-10-20(11-9-18)16(21)15-12-17(15)6-7-17/h1-5,15H,6-12H2. The first-order valence-corrected chi connectivity index (χ1v) is 7.95. The highest BCUT2D eigenvalue weighted by Gasteiger charge is 2.66. The summed E-state index contributed by atoms with van der Waals surface area (Å²) in [7, 11) is 0. The minimum Gasteiger partial charge on any atom is -0.342 e. The summed E-state index contributed by atoms with van der Waals surface area (Å²) < 4.78 is 0. The number of hydrogen-bond acceptors (Lipinski definition) is 2. The van der Waals surface area contributed by atoms with E-state index in [1.807, 2.05) is 35.2 Å². The van der Waals surface area contributed by atoms with E-state index in [4.69, 9.17) is 0 Å². The molecule has 1 spiro atoms. The molecule has 1 atom stereocenters. The molecule has 0 aromatic heterocycles. The quantitative estimate of drug-likeness (QED) is 0.836. The molecule has 0 radical (unpaired) electrons. The zero-order valence-electron chi connectivity index (χ0n) is 12.2. The molecule has 1 aliphatic heterocycles. The molecule has 0 N–H and O–H groups in total. The normalized spacial score (nSPS) is 28.0. The van der Waals surface area contributed by atoms with Gasteiger partial charge in [0.1, 0.15) is 0 Å². The Kier molecular flexibility index (Phi) is 2.66. The number of benzene rings is 1. The highest BCUT2D eigenvalue weighted by molar-refractivity contribution is 5.83. The smallest absolute Gasteiger partial charge is 0.226 e. The van der Waals surface area contributed by atoms with Crippen LogP contribution in [0.2, 0.25) is 0 Å². The second kappa shape index (κ2) is 4.34. The van der Waals surface area contributed by atoms with Crippen LogP contribution in [0.4, 0.5) is 0 Å². The lowest BCUT2D eigenvalue weighted by atomic mass is 9.74. The molecule has 1 saturated heterocycles. The van der Waals surface area contributed by atoms with Gasteiger partial charge in [-0.05, 0) is 43.1 Å².